The highest BCUT2D eigenvalue weighted by Crippen LogP contribution is 2.30. The van der Waals surface area contributed by atoms with E-state index in [0.29, 0.717) is 54.9 Å². The maximum Gasteiger partial charge on any atom is 0.266 e. The molecule has 0 aliphatic carbocycles. The highest BCUT2D eigenvalue weighted by Gasteiger charge is 2.20. The van der Waals surface area contributed by atoms with Gasteiger partial charge in [0.2, 0.25) is 5.91 Å². The number of amides is 3. The van der Waals surface area contributed by atoms with Crippen LogP contribution in [-0.4, -0.2) is 58.3 Å². The molecule has 34 heavy (non-hydrogen) atoms. The van der Waals surface area contributed by atoms with Gasteiger partial charge in [-0.25, -0.2) is 4.37 Å². The van der Waals surface area contributed by atoms with Crippen molar-refractivity contribution in [2.45, 2.75) is 19.3 Å². The number of nitrogens with zero attached hydrogens (tertiary/aromatic N) is 2. The van der Waals surface area contributed by atoms with Gasteiger partial charge in [0.25, 0.3) is 11.8 Å². The Balaban J connectivity index is 1.55. The smallest absolute Gasteiger partial charge is 0.266 e. The number of phenolic OH excluding ortho intramolecular Hbond substituents is 1. The number of aromatic hydroxyl groups is 1. The first-order valence-corrected chi connectivity index (χ1v) is 12.0. The summed E-state index contributed by atoms with van der Waals surface area (Å²) in [5.74, 6) is -0.539. The maximum absolute atomic E-state index is 12.9. The number of rotatable bonds is 1. The Hall–Kier alpha value is -3.72. The van der Waals surface area contributed by atoms with Crippen molar-refractivity contribution in [2.75, 3.05) is 26.2 Å². The topological polar surface area (TPSA) is 112 Å². The molecule has 1 aliphatic rings. The van der Waals surface area contributed by atoms with Crippen LogP contribution in [0.15, 0.2) is 54.7 Å². The highest BCUT2D eigenvalue weighted by molar-refractivity contribution is 7.08. The second-order valence-corrected chi connectivity index (χ2v) is 8.93. The van der Waals surface area contributed by atoms with E-state index in [2.05, 4.69) is 15.0 Å². The molecule has 176 valence electrons. The Morgan fingerprint density at radius 2 is 1.85 bits per heavy atom. The van der Waals surface area contributed by atoms with Gasteiger partial charge < -0.3 is 20.6 Å². The molecule has 3 N–H and O–H groups in total. The van der Waals surface area contributed by atoms with Gasteiger partial charge >= 0.3 is 0 Å². The average molecular weight is 479 g/mol. The van der Waals surface area contributed by atoms with Crippen molar-refractivity contribution in [1.82, 2.24) is 19.9 Å². The summed E-state index contributed by atoms with van der Waals surface area (Å²) in [7, 11) is 0. The minimum Gasteiger partial charge on any atom is -0.507 e. The summed E-state index contributed by atoms with van der Waals surface area (Å²) in [6.45, 7) is 1.19. The van der Waals surface area contributed by atoms with Gasteiger partial charge in [-0.15, -0.1) is 0 Å². The van der Waals surface area contributed by atoms with Crippen molar-refractivity contribution in [3.8, 4) is 16.9 Å². The molecule has 0 atom stereocenters. The molecule has 4 rings (SSSR count). The SMILES string of the molecule is O=C1CN(C(=O)c2ccns2)CCCCNC(=O)c2cccc(c2)-c2cc(ccc2O)CCN1. The molecule has 0 saturated heterocycles. The zero-order valence-corrected chi connectivity index (χ0v) is 19.4. The lowest BCUT2D eigenvalue weighted by molar-refractivity contribution is -0.121. The normalized spacial score (nSPS) is 15.6. The lowest BCUT2D eigenvalue weighted by Gasteiger charge is -2.21. The van der Waals surface area contributed by atoms with Gasteiger partial charge in [-0.1, -0.05) is 18.2 Å². The Kier molecular flexibility index (Phi) is 7.54. The van der Waals surface area contributed by atoms with Crippen LogP contribution < -0.4 is 10.6 Å². The molecule has 3 aromatic rings. The number of carbonyl (C=O) groups excluding carboxylic acids is 3. The molecule has 3 amide bonds. The molecule has 0 radical (unpaired) electrons. The molecular formula is C25H26N4O4S. The summed E-state index contributed by atoms with van der Waals surface area (Å²) in [4.78, 5) is 40.1. The molecule has 9 heteroatoms. The van der Waals surface area contributed by atoms with E-state index in [9.17, 15) is 19.5 Å². The quantitative estimate of drug-likeness (QED) is 0.498. The van der Waals surface area contributed by atoms with E-state index < -0.39 is 0 Å². The van der Waals surface area contributed by atoms with Crippen LogP contribution in [0.25, 0.3) is 11.1 Å². The van der Waals surface area contributed by atoms with Crippen LogP contribution in [0.1, 0.15) is 38.4 Å². The summed E-state index contributed by atoms with van der Waals surface area (Å²) in [6.07, 6.45) is 3.41. The van der Waals surface area contributed by atoms with E-state index in [1.807, 2.05) is 12.1 Å². The van der Waals surface area contributed by atoms with Gasteiger partial charge in [0, 0.05) is 37.0 Å². The molecular weight excluding hydrogens is 452 g/mol. The summed E-state index contributed by atoms with van der Waals surface area (Å²) >= 11 is 1.10. The van der Waals surface area contributed by atoms with Gasteiger partial charge in [0.1, 0.15) is 10.6 Å². The van der Waals surface area contributed by atoms with E-state index in [1.54, 1.807) is 42.6 Å². The van der Waals surface area contributed by atoms with Crippen molar-refractivity contribution >= 4 is 29.3 Å². The number of hydrogen-bond acceptors (Lipinski definition) is 6. The van der Waals surface area contributed by atoms with E-state index in [0.717, 1.165) is 22.7 Å². The molecule has 8 nitrogen and oxygen atoms in total. The van der Waals surface area contributed by atoms with Crippen molar-refractivity contribution in [2.24, 2.45) is 0 Å². The molecule has 4 bridgehead atoms. The lowest BCUT2D eigenvalue weighted by atomic mass is 9.98. The first-order chi connectivity index (χ1) is 16.5. The zero-order valence-electron chi connectivity index (χ0n) is 18.6. The molecule has 1 aliphatic heterocycles. The third-order valence-corrected chi connectivity index (χ3v) is 6.38. The molecule has 0 spiro atoms. The predicted molar refractivity (Wildman–Crippen MR) is 130 cm³/mol. The van der Waals surface area contributed by atoms with Crippen molar-refractivity contribution in [3.63, 3.8) is 0 Å². The van der Waals surface area contributed by atoms with Crippen LogP contribution >= 0.6 is 11.5 Å². The van der Waals surface area contributed by atoms with E-state index in [1.165, 1.54) is 4.90 Å². The van der Waals surface area contributed by atoms with Crippen LogP contribution in [0.5, 0.6) is 5.75 Å². The first kappa shape index (κ1) is 23.4. The van der Waals surface area contributed by atoms with E-state index in [-0.39, 0.29) is 30.0 Å². The predicted octanol–water partition coefficient (Wildman–Crippen LogP) is 2.84. The zero-order chi connectivity index (χ0) is 23.9. The Morgan fingerprint density at radius 1 is 1.00 bits per heavy atom. The van der Waals surface area contributed by atoms with Gasteiger partial charge in [-0.05, 0) is 72.3 Å². The largest absolute Gasteiger partial charge is 0.507 e. The van der Waals surface area contributed by atoms with E-state index in [4.69, 9.17) is 0 Å². The summed E-state index contributed by atoms with van der Waals surface area (Å²) in [6, 6.07) is 14.1. The fraction of sp³-hybridized carbons (Fsp3) is 0.280. The standard InChI is InChI=1S/C25H26N4O4S/c30-21-7-6-17-8-11-26-23(31)16-29(25(33)22-9-12-28-34-22)13-2-1-10-27-24(32)19-5-3-4-18(15-19)20(21)14-17/h3-7,9,12,14-15,30H,1-2,8,10-11,13,16H2,(H,26,31)(H,27,32). The van der Waals surface area contributed by atoms with Crippen molar-refractivity contribution in [1.29, 1.82) is 0 Å². The van der Waals surface area contributed by atoms with Crippen LogP contribution in [0.3, 0.4) is 0 Å². The second kappa shape index (κ2) is 10.9. The van der Waals surface area contributed by atoms with Crippen molar-refractivity contribution in [3.05, 3.63) is 70.7 Å². The van der Waals surface area contributed by atoms with Gasteiger partial charge in [-0.2, -0.15) is 0 Å². The third kappa shape index (κ3) is 5.79. The average Bonchev–Trinajstić information content (AvgIpc) is 3.38. The Morgan fingerprint density at radius 3 is 2.68 bits per heavy atom. The molecule has 0 unspecified atom stereocenters. The Bertz CT molecular complexity index is 1180. The van der Waals surface area contributed by atoms with E-state index >= 15 is 0 Å². The highest BCUT2D eigenvalue weighted by atomic mass is 32.1. The number of fused-ring (bicyclic) bond motifs is 5. The molecule has 2 heterocycles. The minimum absolute atomic E-state index is 0.0471. The Labute approximate surface area is 201 Å². The van der Waals surface area contributed by atoms with Gasteiger partial charge in [0.15, 0.2) is 0 Å². The fourth-order valence-electron chi connectivity index (χ4n) is 3.84. The first-order valence-electron chi connectivity index (χ1n) is 11.2. The number of nitrogens with one attached hydrogen (secondary N) is 2. The number of aromatic nitrogens is 1. The minimum atomic E-state index is -0.237. The molecule has 0 fully saturated rings. The summed E-state index contributed by atoms with van der Waals surface area (Å²) in [5.41, 5.74) is 2.81. The summed E-state index contributed by atoms with van der Waals surface area (Å²) in [5, 5.41) is 16.2. The number of carbonyl (C=O) groups is 3. The summed E-state index contributed by atoms with van der Waals surface area (Å²) < 4.78 is 3.98. The van der Waals surface area contributed by atoms with Crippen LogP contribution in [0.2, 0.25) is 0 Å². The number of phenols is 1. The molecule has 0 saturated carbocycles. The number of hydrogen-bond donors (Lipinski definition) is 3. The van der Waals surface area contributed by atoms with Crippen molar-refractivity contribution < 1.29 is 19.5 Å². The second-order valence-electron chi connectivity index (χ2n) is 8.10. The maximum atomic E-state index is 12.9. The van der Waals surface area contributed by atoms with Crippen LogP contribution in [-0.2, 0) is 11.2 Å². The molecule has 1 aromatic heterocycles. The van der Waals surface area contributed by atoms with Gasteiger partial charge in [0.05, 0.1) is 6.54 Å². The molecule has 2 aromatic carbocycles. The van der Waals surface area contributed by atoms with Gasteiger partial charge in [-0.3, -0.25) is 14.4 Å². The third-order valence-electron chi connectivity index (χ3n) is 5.64. The van der Waals surface area contributed by atoms with Crippen LogP contribution in [0.4, 0.5) is 0 Å². The fourth-order valence-corrected chi connectivity index (χ4v) is 4.40. The lowest BCUT2D eigenvalue weighted by Crippen LogP contribution is -2.41. The van der Waals surface area contributed by atoms with Crippen LogP contribution in [0, 0.1) is 0 Å². The number of benzene rings is 2. The monoisotopic (exact) mass is 478 g/mol.